The van der Waals surface area contributed by atoms with Crippen molar-refractivity contribution in [2.45, 2.75) is 84.0 Å². The van der Waals surface area contributed by atoms with Crippen molar-refractivity contribution in [2.75, 3.05) is 13.1 Å². The van der Waals surface area contributed by atoms with Gasteiger partial charge in [-0.3, -0.25) is 4.79 Å². The number of carboxylic acids is 1. The SMILES string of the molecule is CCCCCCNC(=O)NCCC/C=C\CCCCCCC(=O)O. The first-order chi connectivity index (χ1) is 11.7. The molecule has 5 heteroatoms. The van der Waals surface area contributed by atoms with Gasteiger partial charge in [0.2, 0.25) is 0 Å². The Kier molecular flexibility index (Phi) is 16.7. The van der Waals surface area contributed by atoms with Gasteiger partial charge >= 0.3 is 12.0 Å². The maximum atomic E-state index is 11.5. The largest absolute Gasteiger partial charge is 0.481 e. The van der Waals surface area contributed by atoms with Crippen molar-refractivity contribution >= 4 is 12.0 Å². The lowest BCUT2D eigenvalue weighted by Crippen LogP contribution is -2.36. The average Bonchev–Trinajstić information content (AvgIpc) is 2.55. The zero-order valence-corrected chi connectivity index (χ0v) is 15.3. The molecule has 0 rings (SSSR count). The van der Waals surface area contributed by atoms with Crippen LogP contribution in [0.5, 0.6) is 0 Å². The minimum Gasteiger partial charge on any atom is -0.481 e. The second kappa shape index (κ2) is 17.8. The molecule has 0 saturated heterocycles. The van der Waals surface area contributed by atoms with E-state index in [1.54, 1.807) is 0 Å². The Morgan fingerprint density at radius 1 is 0.792 bits per heavy atom. The maximum absolute atomic E-state index is 11.5. The van der Waals surface area contributed by atoms with E-state index in [1.165, 1.54) is 19.3 Å². The maximum Gasteiger partial charge on any atom is 0.314 e. The van der Waals surface area contributed by atoms with E-state index in [0.717, 1.165) is 57.9 Å². The average molecular weight is 341 g/mol. The predicted molar refractivity (Wildman–Crippen MR) is 99.3 cm³/mol. The lowest BCUT2D eigenvalue weighted by Gasteiger charge is -2.06. The third-order valence-electron chi connectivity index (χ3n) is 3.83. The molecule has 0 fully saturated rings. The van der Waals surface area contributed by atoms with Crippen molar-refractivity contribution in [3.63, 3.8) is 0 Å². The number of aliphatic carboxylic acids is 1. The van der Waals surface area contributed by atoms with E-state index in [4.69, 9.17) is 5.11 Å². The highest BCUT2D eigenvalue weighted by atomic mass is 16.4. The van der Waals surface area contributed by atoms with E-state index in [0.29, 0.717) is 6.54 Å². The first-order valence-corrected chi connectivity index (χ1v) is 9.55. The molecular formula is C19H36N2O3. The van der Waals surface area contributed by atoms with Crippen LogP contribution in [0.15, 0.2) is 12.2 Å². The summed E-state index contributed by atoms with van der Waals surface area (Å²) in [6, 6.07) is -0.0585. The molecule has 0 unspecified atom stereocenters. The molecule has 0 spiro atoms. The molecule has 5 nitrogen and oxygen atoms in total. The van der Waals surface area contributed by atoms with E-state index in [9.17, 15) is 9.59 Å². The Labute approximate surface area is 147 Å². The fraction of sp³-hybridized carbons (Fsp3) is 0.789. The fourth-order valence-electron chi connectivity index (χ4n) is 2.37. The Morgan fingerprint density at radius 2 is 1.38 bits per heavy atom. The minimum absolute atomic E-state index is 0.0585. The number of carbonyl (C=O) groups is 2. The topological polar surface area (TPSA) is 78.4 Å². The van der Waals surface area contributed by atoms with E-state index in [1.807, 2.05) is 0 Å². The fourth-order valence-corrected chi connectivity index (χ4v) is 2.37. The van der Waals surface area contributed by atoms with Gasteiger partial charge in [-0.25, -0.2) is 4.79 Å². The van der Waals surface area contributed by atoms with Crippen molar-refractivity contribution in [3.8, 4) is 0 Å². The van der Waals surface area contributed by atoms with Crippen LogP contribution in [-0.4, -0.2) is 30.2 Å². The molecule has 3 N–H and O–H groups in total. The van der Waals surface area contributed by atoms with Crippen LogP contribution in [0.25, 0.3) is 0 Å². The van der Waals surface area contributed by atoms with Gasteiger partial charge in [-0.1, -0.05) is 51.2 Å². The van der Waals surface area contributed by atoms with Gasteiger partial charge in [-0.15, -0.1) is 0 Å². The van der Waals surface area contributed by atoms with E-state index in [-0.39, 0.29) is 12.5 Å². The summed E-state index contributed by atoms with van der Waals surface area (Å²) < 4.78 is 0. The normalized spacial score (nSPS) is 10.9. The van der Waals surface area contributed by atoms with Crippen LogP contribution in [0.4, 0.5) is 4.79 Å². The molecule has 0 radical (unpaired) electrons. The molecule has 0 atom stereocenters. The molecular weight excluding hydrogens is 304 g/mol. The summed E-state index contributed by atoms with van der Waals surface area (Å²) in [4.78, 5) is 21.9. The first kappa shape index (κ1) is 22.5. The van der Waals surface area contributed by atoms with E-state index < -0.39 is 5.97 Å². The van der Waals surface area contributed by atoms with Gasteiger partial charge in [-0.2, -0.15) is 0 Å². The number of carboxylic acid groups (broad SMARTS) is 1. The second-order valence-corrected chi connectivity index (χ2v) is 6.20. The van der Waals surface area contributed by atoms with Crippen molar-refractivity contribution in [1.82, 2.24) is 10.6 Å². The number of rotatable bonds is 16. The summed E-state index contributed by atoms with van der Waals surface area (Å²) in [6.45, 7) is 3.65. The first-order valence-electron chi connectivity index (χ1n) is 9.55. The highest BCUT2D eigenvalue weighted by Crippen LogP contribution is 2.06. The Bertz CT molecular complexity index is 344. The molecule has 0 saturated carbocycles. The summed E-state index contributed by atoms with van der Waals surface area (Å²) in [5.74, 6) is -0.700. The lowest BCUT2D eigenvalue weighted by atomic mass is 10.1. The molecule has 24 heavy (non-hydrogen) atoms. The molecule has 0 aliphatic carbocycles. The van der Waals surface area contributed by atoms with E-state index in [2.05, 4.69) is 29.7 Å². The van der Waals surface area contributed by atoms with Crippen LogP contribution in [0, 0.1) is 0 Å². The molecule has 0 aliphatic heterocycles. The highest BCUT2D eigenvalue weighted by molar-refractivity contribution is 5.73. The van der Waals surface area contributed by atoms with Crippen LogP contribution in [0.3, 0.4) is 0 Å². The highest BCUT2D eigenvalue weighted by Gasteiger charge is 1.97. The predicted octanol–water partition coefficient (Wildman–Crippen LogP) is 4.63. The molecule has 2 amide bonds. The minimum atomic E-state index is -0.700. The number of hydrogen-bond donors (Lipinski definition) is 3. The van der Waals surface area contributed by atoms with Crippen LogP contribution in [0.2, 0.25) is 0 Å². The molecule has 0 aliphatic rings. The molecule has 140 valence electrons. The van der Waals surface area contributed by atoms with Crippen LogP contribution < -0.4 is 10.6 Å². The number of unbranched alkanes of at least 4 members (excludes halogenated alkanes) is 8. The van der Waals surface area contributed by atoms with Crippen LogP contribution in [0.1, 0.15) is 84.0 Å². The standard InChI is InChI=1S/C19H36N2O3/c1-2-3-4-13-16-20-19(24)21-17-14-11-9-7-5-6-8-10-12-15-18(22)23/h7,9H,2-6,8,10-17H2,1H3,(H,22,23)(H2,20,21,24)/b9-7-. The van der Waals surface area contributed by atoms with Crippen molar-refractivity contribution in [3.05, 3.63) is 12.2 Å². The van der Waals surface area contributed by atoms with Gasteiger partial charge < -0.3 is 15.7 Å². The van der Waals surface area contributed by atoms with E-state index >= 15 is 0 Å². The van der Waals surface area contributed by atoms with Gasteiger partial charge in [0, 0.05) is 19.5 Å². The Morgan fingerprint density at radius 3 is 2.04 bits per heavy atom. The number of amides is 2. The number of allylic oxidation sites excluding steroid dienone is 2. The Hall–Kier alpha value is -1.52. The number of hydrogen-bond acceptors (Lipinski definition) is 2. The van der Waals surface area contributed by atoms with Crippen molar-refractivity contribution < 1.29 is 14.7 Å². The summed E-state index contributed by atoms with van der Waals surface area (Å²) in [7, 11) is 0. The molecule has 0 aromatic carbocycles. The molecule has 0 aromatic heterocycles. The zero-order valence-electron chi connectivity index (χ0n) is 15.3. The van der Waals surface area contributed by atoms with Crippen LogP contribution >= 0.6 is 0 Å². The van der Waals surface area contributed by atoms with Crippen LogP contribution in [-0.2, 0) is 4.79 Å². The monoisotopic (exact) mass is 340 g/mol. The van der Waals surface area contributed by atoms with Crippen molar-refractivity contribution in [2.24, 2.45) is 0 Å². The molecule has 0 aromatic rings. The van der Waals surface area contributed by atoms with Gasteiger partial charge in [0.25, 0.3) is 0 Å². The smallest absolute Gasteiger partial charge is 0.314 e. The number of urea groups is 1. The Balaban J connectivity index is 3.25. The summed E-state index contributed by atoms with van der Waals surface area (Å²) >= 11 is 0. The summed E-state index contributed by atoms with van der Waals surface area (Å²) in [6.07, 6.45) is 16.3. The summed E-state index contributed by atoms with van der Waals surface area (Å²) in [5, 5.41) is 14.3. The lowest BCUT2D eigenvalue weighted by molar-refractivity contribution is -0.137. The molecule has 0 bridgehead atoms. The van der Waals surface area contributed by atoms with Gasteiger partial charge in [0.05, 0.1) is 0 Å². The number of nitrogens with one attached hydrogen (secondary N) is 2. The third kappa shape index (κ3) is 18.5. The van der Waals surface area contributed by atoms with Gasteiger partial charge in [0.1, 0.15) is 0 Å². The second-order valence-electron chi connectivity index (χ2n) is 6.20. The quantitative estimate of drug-likeness (QED) is 0.283. The number of carbonyl (C=O) groups excluding carboxylic acids is 1. The van der Waals surface area contributed by atoms with Gasteiger partial charge in [0.15, 0.2) is 0 Å². The third-order valence-corrected chi connectivity index (χ3v) is 3.83. The summed E-state index contributed by atoms with van der Waals surface area (Å²) in [5.41, 5.74) is 0. The zero-order chi connectivity index (χ0) is 17.9. The van der Waals surface area contributed by atoms with Crippen molar-refractivity contribution in [1.29, 1.82) is 0 Å². The van der Waals surface area contributed by atoms with Gasteiger partial charge in [-0.05, 0) is 38.5 Å². The molecule has 0 heterocycles.